The third-order valence-corrected chi connectivity index (χ3v) is 6.01. The number of hydrogen-bond donors (Lipinski definition) is 1. The minimum Gasteiger partial charge on any atom is -0.318 e. The van der Waals surface area contributed by atoms with E-state index < -0.39 is 10.0 Å². The Morgan fingerprint density at radius 3 is 2.42 bits per heavy atom. The number of primary sulfonamides is 1. The molecule has 0 unspecified atom stereocenters. The molecule has 3 rings (SSSR count). The van der Waals surface area contributed by atoms with Crippen LogP contribution in [0.5, 0.6) is 0 Å². The molecule has 0 amide bonds. The van der Waals surface area contributed by atoms with Gasteiger partial charge in [-0.1, -0.05) is 12.1 Å². The molecule has 0 fully saturated rings. The van der Waals surface area contributed by atoms with Crippen LogP contribution in [0.3, 0.4) is 0 Å². The molecule has 0 atom stereocenters. The van der Waals surface area contributed by atoms with E-state index in [2.05, 4.69) is 6.07 Å². The molecule has 160 valence electrons. The summed E-state index contributed by atoms with van der Waals surface area (Å²) in [5, 5.41) is 14.2. The monoisotopic (exact) mass is 436 g/mol. The number of rotatable bonds is 7. The third-order valence-electron chi connectivity index (χ3n) is 5.08. The maximum absolute atomic E-state index is 13.0. The van der Waals surface area contributed by atoms with E-state index in [1.165, 1.54) is 12.1 Å². The van der Waals surface area contributed by atoms with Crippen molar-refractivity contribution in [2.45, 2.75) is 25.3 Å². The zero-order chi connectivity index (χ0) is 22.8. The molecular weight excluding hydrogens is 412 g/mol. The van der Waals surface area contributed by atoms with Crippen LogP contribution >= 0.6 is 0 Å². The predicted molar refractivity (Wildman–Crippen MR) is 118 cm³/mol. The maximum Gasteiger partial charge on any atom is 0.238 e. The van der Waals surface area contributed by atoms with Crippen LogP contribution in [-0.4, -0.2) is 37.3 Å². The molecule has 0 aliphatic carbocycles. The van der Waals surface area contributed by atoms with E-state index in [4.69, 9.17) is 10.4 Å². The SMILES string of the molecule is Cc1cc(C(=O)CN(C)Cc2cccc(C#N)c2)c(C)n1-c1ccc(S(N)(=O)=O)cc1. The van der Waals surface area contributed by atoms with Gasteiger partial charge in [-0.05, 0) is 68.9 Å². The van der Waals surface area contributed by atoms with Gasteiger partial charge in [-0.15, -0.1) is 0 Å². The van der Waals surface area contributed by atoms with Crippen molar-refractivity contribution in [1.29, 1.82) is 5.26 Å². The van der Waals surface area contributed by atoms with Crippen LogP contribution in [0.1, 0.15) is 32.9 Å². The summed E-state index contributed by atoms with van der Waals surface area (Å²) in [5.41, 5.74) is 4.58. The first kappa shape index (κ1) is 22.4. The Morgan fingerprint density at radius 1 is 1.13 bits per heavy atom. The molecular formula is C23H24N4O3S. The Morgan fingerprint density at radius 2 is 1.81 bits per heavy atom. The minimum atomic E-state index is -3.76. The van der Waals surface area contributed by atoms with Crippen molar-refractivity contribution >= 4 is 15.8 Å². The van der Waals surface area contributed by atoms with Gasteiger partial charge in [-0.2, -0.15) is 5.26 Å². The number of benzene rings is 2. The van der Waals surface area contributed by atoms with Gasteiger partial charge in [0, 0.05) is 29.2 Å². The van der Waals surface area contributed by atoms with Gasteiger partial charge in [0.15, 0.2) is 5.78 Å². The van der Waals surface area contributed by atoms with Crippen LogP contribution in [-0.2, 0) is 16.6 Å². The van der Waals surface area contributed by atoms with E-state index in [0.717, 1.165) is 22.6 Å². The van der Waals surface area contributed by atoms with Gasteiger partial charge < -0.3 is 4.57 Å². The number of aryl methyl sites for hydroxylation is 1. The van der Waals surface area contributed by atoms with Crippen LogP contribution in [0.2, 0.25) is 0 Å². The normalized spacial score (nSPS) is 11.5. The zero-order valence-corrected chi connectivity index (χ0v) is 18.5. The van der Waals surface area contributed by atoms with Gasteiger partial charge in [0.25, 0.3) is 0 Å². The lowest BCUT2D eigenvalue weighted by Crippen LogP contribution is -2.26. The Bertz CT molecular complexity index is 1270. The van der Waals surface area contributed by atoms with Crippen molar-refractivity contribution in [1.82, 2.24) is 9.47 Å². The van der Waals surface area contributed by atoms with Crippen LogP contribution in [0.15, 0.2) is 59.5 Å². The molecule has 7 nitrogen and oxygen atoms in total. The summed E-state index contributed by atoms with van der Waals surface area (Å²) in [4.78, 5) is 14.9. The fourth-order valence-corrected chi connectivity index (χ4v) is 4.18. The number of Topliss-reactive ketones (excluding diaryl/α,β-unsaturated/α-hetero) is 1. The fourth-order valence-electron chi connectivity index (χ4n) is 3.66. The second-order valence-corrected chi connectivity index (χ2v) is 9.13. The summed E-state index contributed by atoms with van der Waals surface area (Å²) in [6.07, 6.45) is 0. The van der Waals surface area contributed by atoms with E-state index in [1.54, 1.807) is 18.2 Å². The number of ketones is 1. The topological polar surface area (TPSA) is 109 Å². The van der Waals surface area contributed by atoms with E-state index in [9.17, 15) is 13.2 Å². The van der Waals surface area contributed by atoms with Crippen LogP contribution in [0.25, 0.3) is 5.69 Å². The first-order chi connectivity index (χ1) is 14.6. The number of carbonyl (C=O) groups is 1. The van der Waals surface area contributed by atoms with Gasteiger partial charge in [0.05, 0.1) is 23.1 Å². The first-order valence-corrected chi connectivity index (χ1v) is 11.2. The quantitative estimate of drug-likeness (QED) is 0.573. The molecule has 0 aliphatic heterocycles. The van der Waals surface area contributed by atoms with Crippen molar-refractivity contribution in [3.05, 3.63) is 82.7 Å². The number of nitrogens with zero attached hydrogens (tertiary/aromatic N) is 3. The Labute approximate surface area is 182 Å². The number of sulfonamides is 1. The summed E-state index contributed by atoms with van der Waals surface area (Å²) < 4.78 is 24.9. The molecule has 0 bridgehead atoms. The molecule has 1 heterocycles. The van der Waals surface area contributed by atoms with E-state index >= 15 is 0 Å². The second kappa shape index (κ2) is 8.86. The standard InChI is InChI=1S/C23H24N4O3S/c1-16-11-22(17(2)27(16)20-7-9-21(10-8-20)31(25,29)30)23(28)15-26(3)14-19-6-4-5-18(12-19)13-24/h4-12H,14-15H2,1-3H3,(H2,25,29,30). The van der Waals surface area contributed by atoms with Crippen LogP contribution in [0.4, 0.5) is 0 Å². The molecule has 31 heavy (non-hydrogen) atoms. The van der Waals surface area contributed by atoms with E-state index in [-0.39, 0.29) is 17.2 Å². The fraction of sp³-hybridized carbons (Fsp3) is 0.217. The molecule has 2 N–H and O–H groups in total. The van der Waals surface area contributed by atoms with E-state index in [0.29, 0.717) is 17.7 Å². The average molecular weight is 437 g/mol. The smallest absolute Gasteiger partial charge is 0.238 e. The predicted octanol–water partition coefficient (Wildman–Crippen LogP) is 2.93. The Hall–Kier alpha value is -3.25. The first-order valence-electron chi connectivity index (χ1n) is 9.63. The van der Waals surface area contributed by atoms with Gasteiger partial charge in [-0.25, -0.2) is 13.6 Å². The lowest BCUT2D eigenvalue weighted by atomic mass is 10.1. The number of carbonyl (C=O) groups excluding carboxylic acids is 1. The molecule has 0 saturated heterocycles. The number of nitrogens with two attached hydrogens (primary N) is 1. The lowest BCUT2D eigenvalue weighted by molar-refractivity contribution is 0.0942. The Balaban J connectivity index is 1.79. The highest BCUT2D eigenvalue weighted by atomic mass is 32.2. The maximum atomic E-state index is 13.0. The number of aromatic nitrogens is 1. The summed E-state index contributed by atoms with van der Waals surface area (Å²) in [7, 11) is -1.90. The van der Waals surface area contributed by atoms with Gasteiger partial charge in [-0.3, -0.25) is 9.69 Å². The minimum absolute atomic E-state index is 0.0144. The molecule has 1 aromatic heterocycles. The lowest BCUT2D eigenvalue weighted by Gasteiger charge is -2.16. The van der Waals surface area contributed by atoms with Crippen molar-refractivity contribution in [3.8, 4) is 11.8 Å². The molecule has 3 aromatic rings. The molecule has 0 radical (unpaired) electrons. The zero-order valence-electron chi connectivity index (χ0n) is 17.7. The largest absolute Gasteiger partial charge is 0.318 e. The Kier molecular flexibility index (Phi) is 6.41. The molecule has 8 heteroatoms. The van der Waals surface area contributed by atoms with Crippen molar-refractivity contribution in [3.63, 3.8) is 0 Å². The summed E-state index contributed by atoms with van der Waals surface area (Å²) in [6, 6.07) is 17.5. The molecule has 0 saturated carbocycles. The number of hydrogen-bond acceptors (Lipinski definition) is 5. The highest BCUT2D eigenvalue weighted by Gasteiger charge is 2.18. The van der Waals surface area contributed by atoms with Crippen LogP contribution in [0, 0.1) is 25.2 Å². The summed E-state index contributed by atoms with van der Waals surface area (Å²) in [6.45, 7) is 4.54. The average Bonchev–Trinajstić information content (AvgIpc) is 3.01. The number of likely N-dealkylation sites (N-methyl/N-ethyl adjacent to an activating group) is 1. The second-order valence-electron chi connectivity index (χ2n) is 7.57. The van der Waals surface area contributed by atoms with E-state index in [1.807, 2.05) is 54.6 Å². The summed E-state index contributed by atoms with van der Waals surface area (Å²) in [5.74, 6) is -0.0144. The number of nitriles is 1. The van der Waals surface area contributed by atoms with Crippen LogP contribution < -0.4 is 5.14 Å². The highest BCUT2D eigenvalue weighted by Crippen LogP contribution is 2.22. The highest BCUT2D eigenvalue weighted by molar-refractivity contribution is 7.89. The van der Waals surface area contributed by atoms with Crippen molar-refractivity contribution < 1.29 is 13.2 Å². The van der Waals surface area contributed by atoms with Crippen molar-refractivity contribution in [2.24, 2.45) is 5.14 Å². The third kappa shape index (κ3) is 5.09. The van der Waals surface area contributed by atoms with Gasteiger partial charge in [0.2, 0.25) is 10.0 Å². The van der Waals surface area contributed by atoms with Crippen molar-refractivity contribution in [2.75, 3.05) is 13.6 Å². The molecule has 0 aliphatic rings. The van der Waals surface area contributed by atoms with Gasteiger partial charge >= 0.3 is 0 Å². The molecule has 2 aromatic carbocycles. The van der Waals surface area contributed by atoms with Gasteiger partial charge in [0.1, 0.15) is 0 Å². The molecule has 0 spiro atoms. The summed E-state index contributed by atoms with van der Waals surface area (Å²) >= 11 is 0.